The zero-order valence-corrected chi connectivity index (χ0v) is 9.67. The number of carboxylic acids is 1. The largest absolute Gasteiger partial charge is 1.00 e. The van der Waals surface area contributed by atoms with E-state index in [1.165, 1.54) is 0 Å². The number of hydrogen-bond donors (Lipinski definition) is 2. The maximum Gasteiger partial charge on any atom is 1.00 e. The zero-order chi connectivity index (χ0) is 10.9. The van der Waals surface area contributed by atoms with Crippen LogP contribution in [0.25, 0.3) is 0 Å². The number of rotatable bonds is 1. The van der Waals surface area contributed by atoms with Gasteiger partial charge >= 0.3 is 41.7 Å². The fourth-order valence-electron chi connectivity index (χ4n) is 0.884. The molecule has 0 atom stereocenters. The summed E-state index contributed by atoms with van der Waals surface area (Å²) in [6.07, 6.45) is -4.61. The third-order valence-electron chi connectivity index (χ3n) is 1.55. The summed E-state index contributed by atoms with van der Waals surface area (Å²) < 4.78 is 36.3. The summed E-state index contributed by atoms with van der Waals surface area (Å²) in [5.41, 5.74) is -1.87. The number of alkyl halides is 3. The van der Waals surface area contributed by atoms with Gasteiger partial charge in [0.05, 0.1) is 5.56 Å². The van der Waals surface area contributed by atoms with E-state index in [4.69, 9.17) is 10.2 Å². The molecule has 2 N–H and O–H groups in total. The van der Waals surface area contributed by atoms with Crippen LogP contribution in [-0.2, 0) is 6.18 Å². The summed E-state index contributed by atoms with van der Waals surface area (Å²) in [6, 6.07) is 1.70. The second-order valence-electron chi connectivity index (χ2n) is 2.53. The predicted octanol–water partition coefficient (Wildman–Crippen LogP) is -0.774. The van der Waals surface area contributed by atoms with Crippen LogP contribution >= 0.6 is 0 Å². The van der Waals surface area contributed by atoms with Gasteiger partial charge in [0.2, 0.25) is 0 Å². The van der Waals surface area contributed by atoms with Crippen molar-refractivity contribution in [3.05, 3.63) is 29.3 Å². The number of aromatic hydroxyl groups is 1. The first-order chi connectivity index (χ1) is 6.32. The monoisotopic (exact) mass is 230 g/mol. The van der Waals surface area contributed by atoms with E-state index in [1.54, 1.807) is 0 Å². The first-order valence-electron chi connectivity index (χ1n) is 3.46. The Balaban J connectivity index is 0. The second kappa shape index (κ2) is 4.87. The van der Waals surface area contributed by atoms with E-state index >= 15 is 0 Å². The van der Waals surface area contributed by atoms with Gasteiger partial charge in [0.25, 0.3) is 0 Å². The van der Waals surface area contributed by atoms with Crippen molar-refractivity contribution in [2.75, 3.05) is 0 Å². The van der Waals surface area contributed by atoms with Gasteiger partial charge in [-0.05, 0) is 18.2 Å². The molecule has 0 saturated carbocycles. The average Bonchev–Trinajstić information content (AvgIpc) is 2.02. The first-order valence-corrected chi connectivity index (χ1v) is 3.46. The molecule has 0 radical (unpaired) electrons. The molecule has 1 aromatic carbocycles. The summed E-state index contributed by atoms with van der Waals surface area (Å²) in [7, 11) is 0. The van der Waals surface area contributed by atoms with Gasteiger partial charge in [-0.3, -0.25) is 0 Å². The molecule has 0 aliphatic heterocycles. The summed E-state index contributed by atoms with van der Waals surface area (Å²) >= 11 is 0. The Hall–Kier alpha value is -0.720. The van der Waals surface area contributed by atoms with E-state index in [0.29, 0.717) is 18.2 Å². The van der Waals surface area contributed by atoms with E-state index in [1.807, 2.05) is 0 Å². The molecule has 7 heteroatoms. The van der Waals surface area contributed by atoms with Gasteiger partial charge in [0, 0.05) is 0 Å². The number of carbonyl (C=O) groups is 1. The molecule has 1 aromatic rings. The van der Waals surface area contributed by atoms with E-state index < -0.39 is 29.0 Å². The van der Waals surface area contributed by atoms with E-state index in [-0.39, 0.29) is 31.0 Å². The third kappa shape index (κ3) is 3.40. The van der Waals surface area contributed by atoms with Crippen molar-refractivity contribution in [1.82, 2.24) is 0 Å². The molecule has 0 amide bonds. The zero-order valence-electron chi connectivity index (χ0n) is 8.67. The summed E-state index contributed by atoms with van der Waals surface area (Å²) in [4.78, 5) is 10.4. The molecule has 0 spiro atoms. The Kier molecular flexibility index (Phi) is 4.64. The van der Waals surface area contributed by atoms with Crippen molar-refractivity contribution in [3.63, 3.8) is 0 Å². The molecule has 0 unspecified atom stereocenters. The maximum atomic E-state index is 12.1. The Morgan fingerprint density at radius 1 is 1.33 bits per heavy atom. The standard InChI is InChI=1S/C8H5F3O3.Na.H/c9-8(10,11)4-1-2-6(12)5(3-4)7(13)14;;/h1-3,12H,(H,13,14);;/q;+1;-1. The van der Waals surface area contributed by atoms with Gasteiger partial charge in [-0.1, -0.05) is 0 Å². The number of benzene rings is 1. The third-order valence-corrected chi connectivity index (χ3v) is 1.55. The van der Waals surface area contributed by atoms with Crippen LogP contribution in [0, 0.1) is 0 Å². The van der Waals surface area contributed by atoms with Gasteiger partial charge in [-0.2, -0.15) is 13.2 Å². The molecule has 0 heterocycles. The Morgan fingerprint density at radius 3 is 2.27 bits per heavy atom. The normalized spacial score (nSPS) is 10.6. The van der Waals surface area contributed by atoms with Crippen LogP contribution in [0.1, 0.15) is 17.3 Å². The Morgan fingerprint density at radius 2 is 1.87 bits per heavy atom. The minimum absolute atomic E-state index is 0. The number of carboxylic acid groups (broad SMARTS) is 1. The molecule has 78 valence electrons. The van der Waals surface area contributed by atoms with Crippen molar-refractivity contribution in [3.8, 4) is 5.75 Å². The quantitative estimate of drug-likeness (QED) is 0.622. The predicted molar refractivity (Wildman–Crippen MR) is 41.2 cm³/mol. The molecule has 3 nitrogen and oxygen atoms in total. The summed E-state index contributed by atoms with van der Waals surface area (Å²) in [5.74, 6) is -2.29. The molecule has 15 heavy (non-hydrogen) atoms. The van der Waals surface area contributed by atoms with Gasteiger partial charge in [-0.25, -0.2) is 4.79 Å². The summed E-state index contributed by atoms with van der Waals surface area (Å²) in [5, 5.41) is 17.4. The first kappa shape index (κ1) is 14.3. The van der Waals surface area contributed by atoms with Crippen molar-refractivity contribution in [2.24, 2.45) is 0 Å². The van der Waals surface area contributed by atoms with Crippen molar-refractivity contribution in [2.45, 2.75) is 6.18 Å². The molecule has 0 bridgehead atoms. The van der Waals surface area contributed by atoms with Gasteiger partial charge in [0.1, 0.15) is 11.3 Å². The topological polar surface area (TPSA) is 57.5 Å². The smallest absolute Gasteiger partial charge is 1.00 e. The molecule has 0 aliphatic rings. The fraction of sp³-hybridized carbons (Fsp3) is 0.125. The van der Waals surface area contributed by atoms with Crippen LogP contribution in [-0.4, -0.2) is 16.2 Å². The number of phenols is 1. The number of hydrogen-bond acceptors (Lipinski definition) is 2. The molecular formula is C8H6F3NaO3. The fourth-order valence-corrected chi connectivity index (χ4v) is 0.884. The number of halogens is 3. The Bertz CT molecular complexity index is 381. The number of aromatic carboxylic acids is 1. The van der Waals surface area contributed by atoms with E-state index in [0.717, 1.165) is 0 Å². The maximum absolute atomic E-state index is 12.1. The minimum Gasteiger partial charge on any atom is -1.00 e. The van der Waals surface area contributed by atoms with Crippen LogP contribution < -0.4 is 29.6 Å². The van der Waals surface area contributed by atoms with Crippen molar-refractivity contribution >= 4 is 5.97 Å². The van der Waals surface area contributed by atoms with Crippen molar-refractivity contribution in [1.29, 1.82) is 0 Å². The van der Waals surface area contributed by atoms with Crippen LogP contribution in [0.2, 0.25) is 0 Å². The summed E-state index contributed by atoms with van der Waals surface area (Å²) in [6.45, 7) is 0. The van der Waals surface area contributed by atoms with E-state index in [9.17, 15) is 18.0 Å². The Labute approximate surface area is 106 Å². The molecule has 0 fully saturated rings. The minimum atomic E-state index is -4.61. The second-order valence-corrected chi connectivity index (χ2v) is 2.53. The van der Waals surface area contributed by atoms with Crippen LogP contribution in [0.4, 0.5) is 13.2 Å². The van der Waals surface area contributed by atoms with Gasteiger partial charge in [0.15, 0.2) is 0 Å². The molecule has 0 aliphatic carbocycles. The molecule has 0 aromatic heterocycles. The van der Waals surface area contributed by atoms with Crippen LogP contribution in [0.15, 0.2) is 18.2 Å². The SMILES string of the molecule is O=C(O)c1cc(C(F)(F)F)ccc1O.[H-].[Na+]. The van der Waals surface area contributed by atoms with Crippen molar-refractivity contribution < 1.29 is 59.2 Å². The molecule has 0 saturated heterocycles. The van der Waals surface area contributed by atoms with Crippen LogP contribution in [0.5, 0.6) is 5.75 Å². The van der Waals surface area contributed by atoms with Gasteiger partial charge in [-0.15, -0.1) is 0 Å². The molecular weight excluding hydrogens is 224 g/mol. The van der Waals surface area contributed by atoms with E-state index in [2.05, 4.69) is 0 Å². The van der Waals surface area contributed by atoms with Crippen LogP contribution in [0.3, 0.4) is 0 Å². The average molecular weight is 230 g/mol. The van der Waals surface area contributed by atoms with Gasteiger partial charge < -0.3 is 11.6 Å². The molecule has 1 rings (SSSR count).